The Labute approximate surface area is 141 Å². The molecule has 0 aliphatic carbocycles. The van der Waals surface area contributed by atoms with E-state index in [1.807, 2.05) is 52.0 Å². The van der Waals surface area contributed by atoms with Crippen LogP contribution in [0.25, 0.3) is 0 Å². The van der Waals surface area contributed by atoms with Gasteiger partial charge in [0.15, 0.2) is 0 Å². The van der Waals surface area contributed by atoms with Crippen LogP contribution in [-0.4, -0.2) is 14.0 Å². The molecule has 6 heteroatoms. The van der Waals surface area contributed by atoms with Crippen molar-refractivity contribution >= 4 is 20.9 Å². The van der Waals surface area contributed by atoms with E-state index < -0.39 is 20.9 Å². The summed E-state index contributed by atoms with van der Waals surface area (Å²) in [5, 5.41) is 0. The van der Waals surface area contributed by atoms with Crippen molar-refractivity contribution in [3.8, 4) is 0 Å². The van der Waals surface area contributed by atoms with Crippen molar-refractivity contribution in [1.29, 1.82) is 0 Å². The van der Waals surface area contributed by atoms with E-state index in [1.54, 1.807) is 30.3 Å². The van der Waals surface area contributed by atoms with Gasteiger partial charge in [0.1, 0.15) is 0 Å². The summed E-state index contributed by atoms with van der Waals surface area (Å²) in [4.78, 5) is 1.10. The Morgan fingerprint density at radius 3 is 2.04 bits per heavy atom. The second-order valence-electron chi connectivity index (χ2n) is 6.26. The SMILES string of the molecule is Cc1ccc(S(=NC(C)(C)C)NS(=O)(=O)c2ccccc2)cc1. The second kappa shape index (κ2) is 6.95. The first-order valence-electron chi connectivity index (χ1n) is 7.29. The Hall–Kier alpha value is -1.50. The normalized spacial score (nSPS) is 13.9. The van der Waals surface area contributed by atoms with E-state index in [9.17, 15) is 8.42 Å². The van der Waals surface area contributed by atoms with Gasteiger partial charge in [0.05, 0.1) is 10.4 Å². The average molecular weight is 351 g/mol. The maximum atomic E-state index is 12.6. The summed E-state index contributed by atoms with van der Waals surface area (Å²) in [6, 6.07) is 16.1. The molecule has 0 fully saturated rings. The van der Waals surface area contributed by atoms with Gasteiger partial charge in [0.2, 0.25) is 0 Å². The Morgan fingerprint density at radius 1 is 0.957 bits per heavy atom. The monoisotopic (exact) mass is 350 g/mol. The third-order valence-electron chi connectivity index (χ3n) is 2.85. The maximum absolute atomic E-state index is 12.6. The lowest BCUT2D eigenvalue weighted by Crippen LogP contribution is -2.28. The lowest BCUT2D eigenvalue weighted by Gasteiger charge is -2.18. The third-order valence-corrected chi connectivity index (χ3v) is 6.70. The van der Waals surface area contributed by atoms with Crippen LogP contribution in [0.15, 0.2) is 68.8 Å². The van der Waals surface area contributed by atoms with Crippen LogP contribution in [0.3, 0.4) is 0 Å². The lowest BCUT2D eigenvalue weighted by molar-refractivity contribution is 0.588. The van der Waals surface area contributed by atoms with Gasteiger partial charge in [0, 0.05) is 15.8 Å². The van der Waals surface area contributed by atoms with Crippen molar-refractivity contribution in [2.45, 2.75) is 43.0 Å². The van der Waals surface area contributed by atoms with Crippen LogP contribution in [0, 0.1) is 6.92 Å². The van der Waals surface area contributed by atoms with Gasteiger partial charge in [-0.2, -0.15) is 0 Å². The molecule has 0 heterocycles. The highest BCUT2D eigenvalue weighted by atomic mass is 32.3. The van der Waals surface area contributed by atoms with Crippen LogP contribution >= 0.6 is 0 Å². The fourth-order valence-corrected chi connectivity index (χ4v) is 5.12. The van der Waals surface area contributed by atoms with E-state index in [0.29, 0.717) is 0 Å². The van der Waals surface area contributed by atoms with Gasteiger partial charge in [-0.1, -0.05) is 35.9 Å². The fourth-order valence-electron chi connectivity index (χ4n) is 1.81. The highest BCUT2D eigenvalue weighted by Crippen LogP contribution is 2.18. The minimum Gasteiger partial charge on any atom is -0.238 e. The first-order chi connectivity index (χ1) is 10.7. The smallest absolute Gasteiger partial charge is 0.238 e. The van der Waals surface area contributed by atoms with Gasteiger partial charge in [0.25, 0.3) is 10.0 Å². The molecular weight excluding hydrogens is 328 g/mol. The Balaban J connectivity index is 2.44. The van der Waals surface area contributed by atoms with E-state index in [2.05, 4.69) is 8.49 Å². The van der Waals surface area contributed by atoms with Gasteiger partial charge < -0.3 is 0 Å². The minimum atomic E-state index is -3.62. The molecule has 2 aromatic carbocycles. The van der Waals surface area contributed by atoms with Gasteiger partial charge in [-0.25, -0.2) is 12.8 Å². The van der Waals surface area contributed by atoms with Gasteiger partial charge in [-0.3, -0.25) is 0 Å². The predicted octanol–water partition coefficient (Wildman–Crippen LogP) is 3.85. The maximum Gasteiger partial charge on any atom is 0.250 e. The molecular formula is C17H22N2O2S2. The number of rotatable bonds is 4. The number of benzene rings is 2. The van der Waals surface area contributed by atoms with Crippen molar-refractivity contribution < 1.29 is 8.42 Å². The summed E-state index contributed by atoms with van der Waals surface area (Å²) in [5.41, 5.74) is 0.770. The van der Waals surface area contributed by atoms with E-state index in [0.717, 1.165) is 10.5 Å². The molecule has 0 bridgehead atoms. The molecule has 0 aliphatic heterocycles. The van der Waals surface area contributed by atoms with Crippen LogP contribution in [0.2, 0.25) is 0 Å². The summed E-state index contributed by atoms with van der Waals surface area (Å²) in [7, 11) is -4.57. The average Bonchev–Trinajstić information content (AvgIpc) is 2.46. The Kier molecular flexibility index (Phi) is 5.39. The van der Waals surface area contributed by atoms with E-state index >= 15 is 0 Å². The molecule has 23 heavy (non-hydrogen) atoms. The minimum absolute atomic E-state index is 0.244. The highest BCUT2D eigenvalue weighted by Gasteiger charge is 2.19. The highest BCUT2D eigenvalue weighted by molar-refractivity contribution is 8.02. The standard InChI is InChI=1S/C17H22N2O2S2/c1-14-10-12-15(13-11-14)22(18-17(2,3)4)19-23(20,21)16-8-6-5-7-9-16/h5-13H,1-4H3,(H,18,19). The van der Waals surface area contributed by atoms with Crippen LogP contribution in [0.5, 0.6) is 0 Å². The van der Waals surface area contributed by atoms with Gasteiger partial charge in [-0.05, 0) is 52.0 Å². The molecule has 0 spiro atoms. The zero-order chi connectivity index (χ0) is 17.1. The number of aryl methyl sites for hydroxylation is 1. The summed E-state index contributed by atoms with van der Waals surface area (Å²) in [5.74, 6) is 0. The first-order valence-corrected chi connectivity index (χ1v) is 9.95. The molecule has 0 saturated heterocycles. The van der Waals surface area contributed by atoms with Crippen molar-refractivity contribution in [2.75, 3.05) is 0 Å². The summed E-state index contributed by atoms with van der Waals surface area (Å²) in [6.45, 7) is 7.87. The van der Waals surface area contributed by atoms with Crippen LogP contribution in [0.4, 0.5) is 0 Å². The Bertz CT molecular complexity index is 791. The molecule has 2 aromatic rings. The largest absolute Gasteiger partial charge is 0.250 e. The summed E-state index contributed by atoms with van der Waals surface area (Å²) in [6.07, 6.45) is 0. The van der Waals surface area contributed by atoms with Crippen molar-refractivity contribution in [3.05, 3.63) is 60.2 Å². The van der Waals surface area contributed by atoms with Crippen molar-refractivity contribution in [3.63, 3.8) is 0 Å². The van der Waals surface area contributed by atoms with Crippen molar-refractivity contribution in [2.24, 2.45) is 4.36 Å². The molecule has 1 N–H and O–H groups in total. The molecule has 0 radical (unpaired) electrons. The van der Waals surface area contributed by atoms with Gasteiger partial charge >= 0.3 is 0 Å². The zero-order valence-electron chi connectivity index (χ0n) is 13.8. The quantitative estimate of drug-likeness (QED) is 0.910. The third kappa shape index (κ3) is 5.27. The molecule has 0 aliphatic rings. The van der Waals surface area contributed by atoms with Crippen LogP contribution in [-0.2, 0) is 20.9 Å². The van der Waals surface area contributed by atoms with E-state index in [-0.39, 0.29) is 10.4 Å². The molecule has 1 unspecified atom stereocenters. The lowest BCUT2D eigenvalue weighted by atomic mass is 10.1. The molecule has 0 aromatic heterocycles. The van der Waals surface area contributed by atoms with E-state index in [4.69, 9.17) is 0 Å². The molecule has 0 saturated carbocycles. The topological polar surface area (TPSA) is 58.5 Å². The molecule has 124 valence electrons. The number of hydrogen-bond donors (Lipinski definition) is 1. The zero-order valence-corrected chi connectivity index (χ0v) is 15.4. The fraction of sp³-hybridized carbons (Fsp3) is 0.294. The number of nitrogens with zero attached hydrogens (tertiary/aromatic N) is 1. The number of sulfonamides is 1. The number of nitrogens with one attached hydrogen (secondary N) is 1. The molecule has 4 nitrogen and oxygen atoms in total. The van der Waals surface area contributed by atoms with Crippen LogP contribution < -0.4 is 4.13 Å². The van der Waals surface area contributed by atoms with Crippen LogP contribution in [0.1, 0.15) is 26.3 Å². The second-order valence-corrected chi connectivity index (χ2v) is 9.63. The van der Waals surface area contributed by atoms with Crippen molar-refractivity contribution in [1.82, 2.24) is 4.13 Å². The Morgan fingerprint density at radius 2 is 1.52 bits per heavy atom. The predicted molar refractivity (Wildman–Crippen MR) is 95.8 cm³/mol. The summed E-state index contributed by atoms with van der Waals surface area (Å²) >= 11 is 0. The summed E-state index contributed by atoms with van der Waals surface area (Å²) < 4.78 is 32.6. The van der Waals surface area contributed by atoms with E-state index in [1.165, 1.54) is 0 Å². The first kappa shape index (κ1) is 17.8. The van der Waals surface area contributed by atoms with Gasteiger partial charge in [-0.15, -0.1) is 4.13 Å². The molecule has 2 rings (SSSR count). The molecule has 1 atom stereocenters. The number of hydrogen-bond acceptors (Lipinski definition) is 3. The molecule has 0 amide bonds.